The zero-order chi connectivity index (χ0) is 13.4. The Kier molecular flexibility index (Phi) is 3.35. The molecule has 0 bridgehead atoms. The van der Waals surface area contributed by atoms with Crippen molar-refractivity contribution in [2.75, 3.05) is 0 Å². The molecule has 0 unspecified atom stereocenters. The van der Waals surface area contributed by atoms with Crippen molar-refractivity contribution in [1.82, 2.24) is 9.88 Å². The number of nitrogens with one attached hydrogen (secondary N) is 1. The van der Waals surface area contributed by atoms with Crippen molar-refractivity contribution < 1.29 is 4.79 Å². The second kappa shape index (κ2) is 5.00. The Morgan fingerprint density at radius 1 is 1.47 bits per heavy atom. The highest BCUT2D eigenvalue weighted by atomic mass is 35.5. The average Bonchev–Trinajstić information content (AvgIpc) is 3.06. The summed E-state index contributed by atoms with van der Waals surface area (Å²) in [4.78, 5) is 13.3. The Hall–Kier alpha value is -1.30. The second-order valence-electron chi connectivity index (χ2n) is 4.15. The molecule has 0 aliphatic rings. The fraction of sp³-hybridized carbons (Fsp3) is 0.154. The molecule has 1 N–H and O–H groups in total. The van der Waals surface area contributed by atoms with Crippen LogP contribution in [0.2, 0.25) is 4.34 Å². The number of hydrogen-bond acceptors (Lipinski definition) is 3. The molecule has 0 aliphatic heterocycles. The molecule has 3 aromatic rings. The van der Waals surface area contributed by atoms with Crippen LogP contribution in [0.5, 0.6) is 0 Å². The van der Waals surface area contributed by atoms with Gasteiger partial charge in [0.25, 0.3) is 5.91 Å². The lowest BCUT2D eigenvalue weighted by atomic mass is 10.4. The summed E-state index contributed by atoms with van der Waals surface area (Å²) in [5.74, 6) is -0.0598. The van der Waals surface area contributed by atoms with Crippen LogP contribution in [0.25, 0.3) is 10.2 Å². The van der Waals surface area contributed by atoms with Crippen LogP contribution in [-0.2, 0) is 13.6 Å². The fourth-order valence-corrected chi connectivity index (χ4v) is 3.82. The molecule has 0 spiro atoms. The summed E-state index contributed by atoms with van der Waals surface area (Å²) >= 11 is 9.09. The Balaban J connectivity index is 1.81. The van der Waals surface area contributed by atoms with Crippen LogP contribution < -0.4 is 5.32 Å². The zero-order valence-electron chi connectivity index (χ0n) is 10.1. The van der Waals surface area contributed by atoms with Gasteiger partial charge in [0.2, 0.25) is 0 Å². The largest absolute Gasteiger partial charge is 0.346 e. The molecule has 3 heterocycles. The third kappa shape index (κ3) is 2.41. The van der Waals surface area contributed by atoms with E-state index in [1.165, 1.54) is 11.3 Å². The van der Waals surface area contributed by atoms with E-state index in [2.05, 4.69) is 5.32 Å². The molecule has 0 radical (unpaired) electrons. The van der Waals surface area contributed by atoms with Gasteiger partial charge in [-0.1, -0.05) is 17.7 Å². The number of carbonyl (C=O) groups excluding carboxylic acids is 1. The number of hydrogen-bond donors (Lipinski definition) is 1. The van der Waals surface area contributed by atoms with Crippen LogP contribution in [0.15, 0.2) is 29.6 Å². The van der Waals surface area contributed by atoms with Gasteiger partial charge in [-0.05, 0) is 23.6 Å². The molecule has 6 heteroatoms. The first-order valence-corrected chi connectivity index (χ1v) is 7.78. The van der Waals surface area contributed by atoms with Gasteiger partial charge in [0.15, 0.2) is 0 Å². The van der Waals surface area contributed by atoms with Crippen molar-refractivity contribution in [3.63, 3.8) is 0 Å². The number of halogens is 1. The molecule has 1 amide bonds. The second-order valence-corrected chi connectivity index (χ2v) is 6.90. The topological polar surface area (TPSA) is 34.0 Å². The van der Waals surface area contributed by atoms with Crippen molar-refractivity contribution in [1.29, 1.82) is 0 Å². The minimum atomic E-state index is -0.0598. The van der Waals surface area contributed by atoms with Gasteiger partial charge in [-0.2, -0.15) is 0 Å². The molecular weight excluding hydrogens is 300 g/mol. The number of aryl methyl sites for hydroxylation is 1. The van der Waals surface area contributed by atoms with Gasteiger partial charge in [0, 0.05) is 11.9 Å². The first-order valence-electron chi connectivity index (χ1n) is 5.70. The third-order valence-corrected chi connectivity index (χ3v) is 5.01. The molecule has 98 valence electrons. The van der Waals surface area contributed by atoms with E-state index in [1.54, 1.807) is 11.3 Å². The highest BCUT2D eigenvalue weighted by molar-refractivity contribution is 7.22. The highest BCUT2D eigenvalue weighted by Gasteiger charge is 2.15. The highest BCUT2D eigenvalue weighted by Crippen LogP contribution is 2.31. The first-order chi connectivity index (χ1) is 9.15. The Bertz CT molecular complexity index is 727. The van der Waals surface area contributed by atoms with Gasteiger partial charge < -0.3 is 9.88 Å². The maximum atomic E-state index is 12.2. The Morgan fingerprint density at radius 2 is 2.32 bits per heavy atom. The van der Waals surface area contributed by atoms with E-state index in [-0.39, 0.29) is 5.91 Å². The molecule has 3 nitrogen and oxygen atoms in total. The van der Waals surface area contributed by atoms with E-state index in [1.807, 2.05) is 41.3 Å². The van der Waals surface area contributed by atoms with E-state index in [9.17, 15) is 4.79 Å². The summed E-state index contributed by atoms with van der Waals surface area (Å²) < 4.78 is 3.65. The third-order valence-electron chi connectivity index (χ3n) is 2.94. The van der Waals surface area contributed by atoms with Crippen LogP contribution in [0.4, 0.5) is 0 Å². The lowest BCUT2D eigenvalue weighted by Crippen LogP contribution is -2.24. The average molecular weight is 311 g/mol. The van der Waals surface area contributed by atoms with Gasteiger partial charge in [0.05, 0.1) is 21.1 Å². The predicted octanol–water partition coefficient (Wildman–Crippen LogP) is 3.88. The maximum Gasteiger partial charge on any atom is 0.268 e. The number of thiophene rings is 2. The smallest absolute Gasteiger partial charge is 0.268 e. The minimum absolute atomic E-state index is 0.0598. The molecule has 3 rings (SSSR count). The molecule has 19 heavy (non-hydrogen) atoms. The molecule has 0 aliphatic carbocycles. The summed E-state index contributed by atoms with van der Waals surface area (Å²) in [5, 5.41) is 4.93. The number of fused-ring (bicyclic) bond motifs is 1. The van der Waals surface area contributed by atoms with E-state index >= 15 is 0 Å². The Morgan fingerprint density at radius 3 is 3.00 bits per heavy atom. The summed E-state index contributed by atoms with van der Waals surface area (Å²) in [7, 11) is 1.88. The van der Waals surface area contributed by atoms with Crippen molar-refractivity contribution in [3.8, 4) is 0 Å². The van der Waals surface area contributed by atoms with E-state index in [0.717, 1.165) is 19.4 Å². The number of rotatable bonds is 3. The summed E-state index contributed by atoms with van der Waals surface area (Å²) in [6.07, 6.45) is 0. The van der Waals surface area contributed by atoms with Crippen molar-refractivity contribution in [2.45, 2.75) is 6.54 Å². The molecule has 0 aromatic carbocycles. The van der Waals surface area contributed by atoms with Crippen molar-refractivity contribution in [2.24, 2.45) is 7.05 Å². The minimum Gasteiger partial charge on any atom is -0.346 e. The van der Waals surface area contributed by atoms with Crippen LogP contribution in [0.3, 0.4) is 0 Å². The monoisotopic (exact) mass is 310 g/mol. The summed E-state index contributed by atoms with van der Waals surface area (Å²) in [6.45, 7) is 0.566. The normalized spacial score (nSPS) is 11.1. The van der Waals surface area contributed by atoms with E-state index < -0.39 is 0 Å². The predicted molar refractivity (Wildman–Crippen MR) is 81.3 cm³/mol. The maximum absolute atomic E-state index is 12.2. The van der Waals surface area contributed by atoms with Gasteiger partial charge in [-0.3, -0.25) is 4.79 Å². The molecule has 0 saturated carbocycles. The molecule has 0 saturated heterocycles. The molecule has 0 fully saturated rings. The molecule has 0 atom stereocenters. The summed E-state index contributed by atoms with van der Waals surface area (Å²) in [6, 6.07) is 7.76. The number of carbonyl (C=O) groups is 1. The van der Waals surface area contributed by atoms with Gasteiger partial charge in [-0.15, -0.1) is 22.7 Å². The van der Waals surface area contributed by atoms with Crippen LogP contribution in [-0.4, -0.2) is 10.5 Å². The number of nitrogens with zero attached hydrogens (tertiary/aromatic N) is 1. The molecule has 3 aromatic heterocycles. The van der Waals surface area contributed by atoms with Crippen LogP contribution in [0.1, 0.15) is 15.4 Å². The first kappa shape index (κ1) is 12.7. The Labute approximate surface area is 123 Å². The van der Waals surface area contributed by atoms with E-state index in [0.29, 0.717) is 12.2 Å². The van der Waals surface area contributed by atoms with Crippen LogP contribution in [0, 0.1) is 0 Å². The number of amides is 1. The SMILES string of the molecule is Cn1c(C(=O)NCc2cccs2)cc2sc(Cl)cc21. The lowest BCUT2D eigenvalue weighted by Gasteiger charge is -2.05. The van der Waals surface area contributed by atoms with Gasteiger partial charge >= 0.3 is 0 Å². The van der Waals surface area contributed by atoms with E-state index in [4.69, 9.17) is 11.6 Å². The lowest BCUT2D eigenvalue weighted by molar-refractivity contribution is 0.0943. The summed E-state index contributed by atoms with van der Waals surface area (Å²) in [5.41, 5.74) is 1.66. The van der Waals surface area contributed by atoms with Crippen LogP contribution >= 0.6 is 34.3 Å². The fourth-order valence-electron chi connectivity index (χ4n) is 1.97. The quantitative estimate of drug-likeness (QED) is 0.782. The molecular formula is C13H11ClN2OS2. The zero-order valence-corrected chi connectivity index (χ0v) is 12.5. The van der Waals surface area contributed by atoms with Crippen molar-refractivity contribution >= 4 is 50.4 Å². The van der Waals surface area contributed by atoms with Gasteiger partial charge in [-0.25, -0.2) is 0 Å². The standard InChI is InChI=1S/C13H11ClN2OS2/c1-16-9-6-12(14)19-11(9)5-10(16)13(17)15-7-8-3-2-4-18-8/h2-6H,7H2,1H3,(H,15,17). The number of aromatic nitrogens is 1. The van der Waals surface area contributed by atoms with Crippen molar-refractivity contribution in [3.05, 3.63) is 44.6 Å². The van der Waals surface area contributed by atoms with Gasteiger partial charge in [0.1, 0.15) is 5.69 Å².